The van der Waals surface area contributed by atoms with E-state index in [9.17, 15) is 9.59 Å². The standard InChI is InChI=1S/C14H23N3O3/c1-5-9-17-13(18)8-7-12(15-17)14(19)16(6-2)11(3)10-20-4/h7-8,11H,5-6,9-10H2,1-4H3/t11-/m0/s1. The van der Waals surface area contributed by atoms with E-state index in [2.05, 4.69) is 5.10 Å². The topological polar surface area (TPSA) is 64.4 Å². The summed E-state index contributed by atoms with van der Waals surface area (Å²) in [5.74, 6) is -0.179. The summed E-state index contributed by atoms with van der Waals surface area (Å²) in [4.78, 5) is 25.8. The maximum Gasteiger partial charge on any atom is 0.274 e. The normalized spacial score (nSPS) is 12.2. The SMILES string of the molecule is CCCn1nc(C(=O)N(CC)[C@@H](C)COC)ccc1=O. The lowest BCUT2D eigenvalue weighted by atomic mass is 10.2. The lowest BCUT2D eigenvalue weighted by molar-refractivity contribution is 0.0571. The van der Waals surface area contributed by atoms with E-state index in [1.807, 2.05) is 20.8 Å². The van der Waals surface area contributed by atoms with E-state index in [0.29, 0.717) is 25.4 Å². The van der Waals surface area contributed by atoms with Crippen LogP contribution < -0.4 is 5.56 Å². The van der Waals surface area contributed by atoms with Crippen LogP contribution in [0.3, 0.4) is 0 Å². The van der Waals surface area contributed by atoms with Crippen molar-refractivity contribution >= 4 is 5.91 Å². The van der Waals surface area contributed by atoms with Gasteiger partial charge in [0.1, 0.15) is 5.69 Å². The minimum Gasteiger partial charge on any atom is -0.383 e. The van der Waals surface area contributed by atoms with Crippen molar-refractivity contribution in [2.45, 2.75) is 39.8 Å². The number of nitrogens with zero attached hydrogens (tertiary/aromatic N) is 3. The van der Waals surface area contributed by atoms with E-state index in [1.165, 1.54) is 16.8 Å². The van der Waals surface area contributed by atoms with Crippen LogP contribution >= 0.6 is 0 Å². The van der Waals surface area contributed by atoms with Crippen LogP contribution in [0.2, 0.25) is 0 Å². The van der Waals surface area contributed by atoms with Crippen molar-refractivity contribution in [3.8, 4) is 0 Å². The fourth-order valence-corrected chi connectivity index (χ4v) is 2.07. The Kier molecular flexibility index (Phi) is 6.38. The van der Waals surface area contributed by atoms with Gasteiger partial charge < -0.3 is 9.64 Å². The summed E-state index contributed by atoms with van der Waals surface area (Å²) in [6.07, 6.45) is 0.794. The number of hydrogen-bond acceptors (Lipinski definition) is 4. The second-order valence-corrected chi connectivity index (χ2v) is 4.68. The van der Waals surface area contributed by atoms with Gasteiger partial charge in [-0.25, -0.2) is 4.68 Å². The molecule has 1 atom stereocenters. The molecule has 0 aliphatic rings. The molecular weight excluding hydrogens is 258 g/mol. The molecule has 0 saturated carbocycles. The Labute approximate surface area is 119 Å². The quantitative estimate of drug-likeness (QED) is 0.752. The highest BCUT2D eigenvalue weighted by atomic mass is 16.5. The van der Waals surface area contributed by atoms with Crippen LogP contribution in [0, 0.1) is 0 Å². The van der Waals surface area contributed by atoms with Crippen LogP contribution in [-0.2, 0) is 11.3 Å². The molecule has 0 aliphatic heterocycles. The lowest BCUT2D eigenvalue weighted by Gasteiger charge is -2.27. The highest BCUT2D eigenvalue weighted by Crippen LogP contribution is 2.06. The van der Waals surface area contributed by atoms with Crippen molar-refractivity contribution in [1.82, 2.24) is 14.7 Å². The van der Waals surface area contributed by atoms with Crippen molar-refractivity contribution in [1.29, 1.82) is 0 Å². The molecular formula is C14H23N3O3. The fourth-order valence-electron chi connectivity index (χ4n) is 2.07. The third-order valence-electron chi connectivity index (χ3n) is 3.06. The van der Waals surface area contributed by atoms with Gasteiger partial charge in [-0.3, -0.25) is 9.59 Å². The average Bonchev–Trinajstić information content (AvgIpc) is 2.42. The zero-order chi connectivity index (χ0) is 15.1. The van der Waals surface area contributed by atoms with Crippen molar-refractivity contribution in [2.24, 2.45) is 0 Å². The molecule has 1 amide bonds. The number of ether oxygens (including phenoxy) is 1. The number of carbonyl (C=O) groups is 1. The average molecular weight is 281 g/mol. The van der Waals surface area contributed by atoms with Crippen LogP contribution in [0.4, 0.5) is 0 Å². The second kappa shape index (κ2) is 7.79. The molecule has 1 rings (SSSR count). The van der Waals surface area contributed by atoms with E-state index >= 15 is 0 Å². The molecule has 0 N–H and O–H groups in total. The van der Waals surface area contributed by atoms with E-state index in [4.69, 9.17) is 4.74 Å². The predicted molar refractivity (Wildman–Crippen MR) is 76.8 cm³/mol. The Balaban J connectivity index is 3.00. The molecule has 6 heteroatoms. The van der Waals surface area contributed by atoms with Gasteiger partial charge in [0.15, 0.2) is 0 Å². The summed E-state index contributed by atoms with van der Waals surface area (Å²) in [5.41, 5.74) is 0.110. The summed E-state index contributed by atoms with van der Waals surface area (Å²) in [6, 6.07) is 2.84. The molecule has 0 unspecified atom stereocenters. The van der Waals surface area contributed by atoms with Gasteiger partial charge in [-0.15, -0.1) is 0 Å². The minimum atomic E-state index is -0.184. The molecule has 1 heterocycles. The molecule has 0 saturated heterocycles. The summed E-state index contributed by atoms with van der Waals surface area (Å²) >= 11 is 0. The molecule has 0 bridgehead atoms. The zero-order valence-electron chi connectivity index (χ0n) is 12.6. The number of likely N-dealkylation sites (N-methyl/N-ethyl adjacent to an activating group) is 1. The third-order valence-corrected chi connectivity index (χ3v) is 3.06. The molecule has 1 aromatic rings. The highest BCUT2D eigenvalue weighted by Gasteiger charge is 2.21. The van der Waals surface area contributed by atoms with Crippen molar-refractivity contribution in [3.63, 3.8) is 0 Å². The largest absolute Gasteiger partial charge is 0.383 e. The van der Waals surface area contributed by atoms with Gasteiger partial charge >= 0.3 is 0 Å². The Hall–Kier alpha value is -1.69. The number of aromatic nitrogens is 2. The predicted octanol–water partition coefficient (Wildman–Crippen LogP) is 1.15. The zero-order valence-corrected chi connectivity index (χ0v) is 12.6. The monoisotopic (exact) mass is 281 g/mol. The minimum absolute atomic E-state index is 0.0362. The first-order chi connectivity index (χ1) is 9.54. The first-order valence-corrected chi connectivity index (χ1v) is 6.93. The van der Waals surface area contributed by atoms with Gasteiger partial charge in [0.05, 0.1) is 12.6 Å². The van der Waals surface area contributed by atoms with Gasteiger partial charge in [-0.2, -0.15) is 5.10 Å². The number of rotatable bonds is 7. The molecule has 0 fully saturated rings. The number of aryl methyl sites for hydroxylation is 1. The Morgan fingerprint density at radius 2 is 2.15 bits per heavy atom. The van der Waals surface area contributed by atoms with Gasteiger partial charge in [-0.05, 0) is 26.3 Å². The number of methoxy groups -OCH3 is 1. The van der Waals surface area contributed by atoms with Crippen LogP contribution in [0.1, 0.15) is 37.7 Å². The van der Waals surface area contributed by atoms with Crippen molar-refractivity contribution in [2.75, 3.05) is 20.3 Å². The third kappa shape index (κ3) is 3.90. The van der Waals surface area contributed by atoms with Gasteiger partial charge in [0, 0.05) is 26.3 Å². The van der Waals surface area contributed by atoms with E-state index in [0.717, 1.165) is 6.42 Å². The molecule has 6 nitrogen and oxygen atoms in total. The smallest absolute Gasteiger partial charge is 0.274 e. The molecule has 0 radical (unpaired) electrons. The molecule has 20 heavy (non-hydrogen) atoms. The number of amides is 1. The summed E-state index contributed by atoms with van der Waals surface area (Å²) in [7, 11) is 1.61. The Morgan fingerprint density at radius 3 is 2.70 bits per heavy atom. The molecule has 112 valence electrons. The maximum atomic E-state index is 12.5. The van der Waals surface area contributed by atoms with E-state index in [1.54, 1.807) is 12.0 Å². The lowest BCUT2D eigenvalue weighted by Crippen LogP contribution is -2.42. The Morgan fingerprint density at radius 1 is 1.45 bits per heavy atom. The Bertz CT molecular complexity index is 499. The maximum absolute atomic E-state index is 12.5. The van der Waals surface area contributed by atoms with Crippen molar-refractivity contribution < 1.29 is 9.53 Å². The molecule has 0 aromatic carbocycles. The van der Waals surface area contributed by atoms with Crippen LogP contribution in [0.25, 0.3) is 0 Å². The van der Waals surface area contributed by atoms with E-state index < -0.39 is 0 Å². The molecule has 1 aromatic heterocycles. The fraction of sp³-hybridized carbons (Fsp3) is 0.643. The van der Waals surface area contributed by atoms with Gasteiger partial charge in [0.2, 0.25) is 0 Å². The molecule has 0 aliphatic carbocycles. The first kappa shape index (κ1) is 16.4. The van der Waals surface area contributed by atoms with Crippen molar-refractivity contribution in [3.05, 3.63) is 28.2 Å². The van der Waals surface area contributed by atoms with Gasteiger partial charge in [-0.1, -0.05) is 6.92 Å². The van der Waals surface area contributed by atoms with E-state index in [-0.39, 0.29) is 17.5 Å². The highest BCUT2D eigenvalue weighted by molar-refractivity contribution is 5.92. The summed E-state index contributed by atoms with van der Waals surface area (Å²) in [6.45, 7) is 7.34. The molecule has 0 spiro atoms. The van der Waals surface area contributed by atoms with Crippen LogP contribution in [0.15, 0.2) is 16.9 Å². The number of carbonyl (C=O) groups excluding carboxylic acids is 1. The number of hydrogen-bond donors (Lipinski definition) is 0. The van der Waals surface area contributed by atoms with Crippen LogP contribution in [0.5, 0.6) is 0 Å². The summed E-state index contributed by atoms with van der Waals surface area (Å²) < 4.78 is 6.42. The summed E-state index contributed by atoms with van der Waals surface area (Å²) in [5, 5.41) is 4.15. The first-order valence-electron chi connectivity index (χ1n) is 6.93. The van der Waals surface area contributed by atoms with Gasteiger partial charge in [0.25, 0.3) is 11.5 Å². The van der Waals surface area contributed by atoms with Crippen LogP contribution in [-0.4, -0.2) is 46.9 Å². The second-order valence-electron chi connectivity index (χ2n) is 4.68.